The molecular weight excluding hydrogens is 260 g/mol. The molecule has 1 saturated heterocycles. The molecule has 2 atom stereocenters. The fourth-order valence-electron chi connectivity index (χ4n) is 2.89. The minimum absolute atomic E-state index is 0.0368. The third kappa shape index (κ3) is 2.79. The van der Waals surface area contributed by atoms with Crippen LogP contribution in [-0.4, -0.2) is 28.0 Å². The number of piperidine rings is 1. The van der Waals surface area contributed by atoms with Gasteiger partial charge in [0.2, 0.25) is 11.8 Å². The van der Waals surface area contributed by atoms with Gasteiger partial charge in [-0.15, -0.1) is 0 Å². The zero-order valence-electron chi connectivity index (χ0n) is 12.0. The van der Waals surface area contributed by atoms with E-state index in [0.29, 0.717) is 23.3 Å². The molecule has 2 unspecified atom stereocenters. The van der Waals surface area contributed by atoms with Crippen LogP contribution in [0.15, 0.2) is 0 Å². The average Bonchev–Trinajstić information content (AvgIpc) is 2.35. The summed E-state index contributed by atoms with van der Waals surface area (Å²) in [6, 6.07) is 0. The van der Waals surface area contributed by atoms with Gasteiger partial charge in [-0.3, -0.25) is 15.5 Å². The number of nitro groups is 1. The van der Waals surface area contributed by atoms with Crippen molar-refractivity contribution < 1.29 is 4.92 Å². The van der Waals surface area contributed by atoms with Crippen LogP contribution in [0.2, 0.25) is 0 Å². The van der Waals surface area contributed by atoms with Crippen LogP contribution in [0, 0.1) is 28.9 Å². The van der Waals surface area contributed by atoms with E-state index in [9.17, 15) is 10.1 Å². The van der Waals surface area contributed by atoms with Gasteiger partial charge < -0.3 is 4.90 Å². The highest BCUT2D eigenvalue weighted by molar-refractivity contribution is 5.62. The van der Waals surface area contributed by atoms with E-state index in [1.54, 1.807) is 6.92 Å². The lowest BCUT2D eigenvalue weighted by Crippen LogP contribution is -2.39. The van der Waals surface area contributed by atoms with Crippen molar-refractivity contribution in [1.29, 1.82) is 0 Å². The summed E-state index contributed by atoms with van der Waals surface area (Å²) in [6.07, 6.45) is 1.12. The Kier molecular flexibility index (Phi) is 4.03. The predicted molar refractivity (Wildman–Crippen MR) is 76.4 cm³/mol. The van der Waals surface area contributed by atoms with Gasteiger partial charge in [0.25, 0.3) is 0 Å². The SMILES string of the molecule is Cc1nc(NN)nc(N2CC(C)CC(C)C2)c1[N+](=O)[O-]. The van der Waals surface area contributed by atoms with Crippen LogP contribution in [0.1, 0.15) is 26.0 Å². The molecule has 2 heterocycles. The van der Waals surface area contributed by atoms with Crippen molar-refractivity contribution in [3.8, 4) is 0 Å². The van der Waals surface area contributed by atoms with E-state index in [1.165, 1.54) is 0 Å². The van der Waals surface area contributed by atoms with E-state index in [0.717, 1.165) is 19.5 Å². The summed E-state index contributed by atoms with van der Waals surface area (Å²) in [5.41, 5.74) is 2.65. The molecule has 0 aliphatic carbocycles. The molecule has 1 aliphatic rings. The minimum atomic E-state index is -0.422. The van der Waals surface area contributed by atoms with Crippen LogP contribution in [0.3, 0.4) is 0 Å². The first kappa shape index (κ1) is 14.4. The maximum atomic E-state index is 11.3. The molecule has 0 aromatic carbocycles. The van der Waals surface area contributed by atoms with Crippen LogP contribution in [-0.2, 0) is 0 Å². The van der Waals surface area contributed by atoms with Gasteiger partial charge in [-0.1, -0.05) is 13.8 Å². The summed E-state index contributed by atoms with van der Waals surface area (Å²) in [7, 11) is 0. The number of nitrogens with zero attached hydrogens (tertiary/aromatic N) is 4. The zero-order valence-corrected chi connectivity index (χ0v) is 12.0. The second-order valence-corrected chi connectivity index (χ2v) is 5.56. The lowest BCUT2D eigenvalue weighted by molar-refractivity contribution is -0.385. The summed E-state index contributed by atoms with van der Waals surface area (Å²) in [4.78, 5) is 21.0. The van der Waals surface area contributed by atoms with Crippen molar-refractivity contribution in [3.05, 3.63) is 15.8 Å². The van der Waals surface area contributed by atoms with Crippen molar-refractivity contribution in [2.45, 2.75) is 27.2 Å². The molecule has 20 heavy (non-hydrogen) atoms. The molecule has 2 rings (SSSR count). The number of nitrogen functional groups attached to an aromatic ring is 1. The summed E-state index contributed by atoms with van der Waals surface area (Å²) in [5.74, 6) is 6.84. The molecule has 0 amide bonds. The lowest BCUT2D eigenvalue weighted by Gasteiger charge is -2.35. The topological polar surface area (TPSA) is 110 Å². The minimum Gasteiger partial charge on any atom is -0.350 e. The number of hydrogen-bond donors (Lipinski definition) is 2. The average molecular weight is 280 g/mol. The molecule has 1 aliphatic heterocycles. The fraction of sp³-hybridized carbons (Fsp3) is 0.667. The second kappa shape index (κ2) is 5.58. The van der Waals surface area contributed by atoms with Crippen molar-refractivity contribution in [2.24, 2.45) is 17.7 Å². The van der Waals surface area contributed by atoms with E-state index in [-0.39, 0.29) is 11.6 Å². The van der Waals surface area contributed by atoms with Crippen LogP contribution in [0.4, 0.5) is 17.5 Å². The van der Waals surface area contributed by atoms with Crippen LogP contribution in [0.25, 0.3) is 0 Å². The largest absolute Gasteiger partial charge is 0.350 e. The second-order valence-electron chi connectivity index (χ2n) is 5.56. The fourth-order valence-corrected chi connectivity index (χ4v) is 2.89. The molecule has 110 valence electrons. The Balaban J connectivity index is 2.47. The standard InChI is InChI=1S/C12H20N6O2/c1-7-4-8(2)6-17(5-7)11-10(18(19)20)9(3)14-12(15-11)16-13/h7-8H,4-6,13H2,1-3H3,(H,14,15,16). The molecule has 0 bridgehead atoms. The Morgan fingerprint density at radius 2 is 1.95 bits per heavy atom. The molecule has 0 spiro atoms. The molecule has 0 radical (unpaired) electrons. The molecule has 1 aromatic heterocycles. The normalized spacial score (nSPS) is 22.7. The number of rotatable bonds is 3. The van der Waals surface area contributed by atoms with Gasteiger partial charge in [-0.05, 0) is 25.2 Å². The molecule has 0 saturated carbocycles. The predicted octanol–water partition coefficient (Wildman–Crippen LogP) is 1.46. The number of aromatic nitrogens is 2. The van der Waals surface area contributed by atoms with Crippen LogP contribution >= 0.6 is 0 Å². The molecule has 1 aromatic rings. The number of hydrazine groups is 1. The maximum absolute atomic E-state index is 11.3. The zero-order chi connectivity index (χ0) is 14.9. The van der Waals surface area contributed by atoms with Gasteiger partial charge >= 0.3 is 5.69 Å². The van der Waals surface area contributed by atoms with Gasteiger partial charge in [-0.2, -0.15) is 4.98 Å². The van der Waals surface area contributed by atoms with Crippen molar-refractivity contribution >= 4 is 17.5 Å². The molecular formula is C12H20N6O2. The maximum Gasteiger partial charge on any atom is 0.332 e. The van der Waals surface area contributed by atoms with Gasteiger partial charge in [0, 0.05) is 13.1 Å². The first-order chi connectivity index (χ1) is 9.42. The van der Waals surface area contributed by atoms with E-state index in [2.05, 4.69) is 29.2 Å². The summed E-state index contributed by atoms with van der Waals surface area (Å²) in [6.45, 7) is 7.40. The molecule has 8 heteroatoms. The third-order valence-corrected chi connectivity index (χ3v) is 3.52. The molecule has 1 fully saturated rings. The highest BCUT2D eigenvalue weighted by Crippen LogP contribution is 2.33. The van der Waals surface area contributed by atoms with Crippen LogP contribution < -0.4 is 16.2 Å². The van der Waals surface area contributed by atoms with Gasteiger partial charge in [0.15, 0.2) is 0 Å². The smallest absolute Gasteiger partial charge is 0.332 e. The Labute approximate surface area is 117 Å². The number of aryl methyl sites for hydroxylation is 1. The first-order valence-electron chi connectivity index (χ1n) is 6.67. The lowest BCUT2D eigenvalue weighted by atomic mass is 9.92. The van der Waals surface area contributed by atoms with Gasteiger partial charge in [0.05, 0.1) is 4.92 Å². The molecule has 8 nitrogen and oxygen atoms in total. The van der Waals surface area contributed by atoms with Crippen molar-refractivity contribution in [1.82, 2.24) is 9.97 Å². The quantitative estimate of drug-likeness (QED) is 0.490. The molecule has 3 N–H and O–H groups in total. The Morgan fingerprint density at radius 1 is 1.35 bits per heavy atom. The van der Waals surface area contributed by atoms with Crippen molar-refractivity contribution in [2.75, 3.05) is 23.4 Å². The monoisotopic (exact) mass is 280 g/mol. The Hall–Kier alpha value is -1.96. The summed E-state index contributed by atoms with van der Waals surface area (Å²) < 4.78 is 0. The number of anilines is 2. The Morgan fingerprint density at radius 3 is 2.45 bits per heavy atom. The first-order valence-corrected chi connectivity index (χ1v) is 6.67. The van der Waals surface area contributed by atoms with Crippen molar-refractivity contribution in [3.63, 3.8) is 0 Å². The van der Waals surface area contributed by atoms with E-state index >= 15 is 0 Å². The summed E-state index contributed by atoms with van der Waals surface area (Å²) >= 11 is 0. The number of hydrogen-bond acceptors (Lipinski definition) is 7. The third-order valence-electron chi connectivity index (χ3n) is 3.52. The highest BCUT2D eigenvalue weighted by Gasteiger charge is 2.30. The number of nitrogens with two attached hydrogens (primary N) is 1. The van der Waals surface area contributed by atoms with Crippen LogP contribution in [0.5, 0.6) is 0 Å². The van der Waals surface area contributed by atoms with E-state index in [1.807, 2.05) is 4.90 Å². The van der Waals surface area contributed by atoms with Gasteiger partial charge in [0.1, 0.15) is 5.69 Å². The highest BCUT2D eigenvalue weighted by atomic mass is 16.6. The summed E-state index contributed by atoms with van der Waals surface area (Å²) in [5, 5.41) is 11.3. The van der Waals surface area contributed by atoms with E-state index in [4.69, 9.17) is 5.84 Å². The van der Waals surface area contributed by atoms with Gasteiger partial charge in [-0.25, -0.2) is 10.8 Å². The van der Waals surface area contributed by atoms with E-state index < -0.39 is 4.92 Å². The Bertz CT molecular complexity index is 511. The number of nitrogens with one attached hydrogen (secondary N) is 1.